The molecule has 0 aliphatic carbocycles. The zero-order valence-electron chi connectivity index (χ0n) is 17.3. The Kier molecular flexibility index (Phi) is 7.91. The van der Waals surface area contributed by atoms with Crippen molar-refractivity contribution in [2.75, 3.05) is 45.9 Å². The lowest BCUT2D eigenvalue weighted by Crippen LogP contribution is -2.49. The fourth-order valence-electron chi connectivity index (χ4n) is 3.48. The van der Waals surface area contributed by atoms with Gasteiger partial charge < -0.3 is 9.64 Å². The number of hydrogen-bond acceptors (Lipinski definition) is 4. The van der Waals surface area contributed by atoms with E-state index in [-0.39, 0.29) is 25.4 Å². The molecule has 0 atom stereocenters. The van der Waals surface area contributed by atoms with E-state index in [9.17, 15) is 31.1 Å². The van der Waals surface area contributed by atoms with E-state index in [0.717, 1.165) is 6.20 Å². The van der Waals surface area contributed by atoms with Crippen LogP contribution in [0, 0.1) is 0 Å². The summed E-state index contributed by atoms with van der Waals surface area (Å²) in [5.41, 5.74) is -1.60. The van der Waals surface area contributed by atoms with E-state index < -0.39 is 36.1 Å². The van der Waals surface area contributed by atoms with Gasteiger partial charge >= 0.3 is 12.4 Å². The Balaban J connectivity index is 1.61. The lowest BCUT2D eigenvalue weighted by Gasteiger charge is -2.34. The number of piperazine rings is 1. The molecule has 1 aliphatic rings. The normalized spacial score (nSPS) is 15.8. The molecule has 1 aromatic carbocycles. The average Bonchev–Trinajstić information content (AvgIpc) is 3.19. The molecule has 2 aromatic rings. The van der Waals surface area contributed by atoms with Crippen LogP contribution in [0.25, 0.3) is 5.69 Å². The van der Waals surface area contributed by atoms with Crippen molar-refractivity contribution in [2.45, 2.75) is 18.8 Å². The Bertz CT molecular complexity index is 938. The number of benzene rings is 1. The van der Waals surface area contributed by atoms with Crippen LogP contribution >= 0.6 is 11.6 Å². The van der Waals surface area contributed by atoms with Gasteiger partial charge in [-0.3, -0.25) is 9.69 Å². The molecule has 1 amide bonds. The second-order valence-corrected chi connectivity index (χ2v) is 7.88. The molecule has 1 aliphatic heterocycles. The van der Waals surface area contributed by atoms with Crippen molar-refractivity contribution < 1.29 is 35.9 Å². The van der Waals surface area contributed by atoms with E-state index in [2.05, 4.69) is 9.84 Å². The van der Waals surface area contributed by atoms with Crippen molar-refractivity contribution in [1.82, 2.24) is 19.6 Å². The van der Waals surface area contributed by atoms with Crippen molar-refractivity contribution in [3.8, 4) is 5.69 Å². The van der Waals surface area contributed by atoms with Crippen molar-refractivity contribution in [3.05, 3.63) is 46.7 Å². The first-order valence-corrected chi connectivity index (χ1v) is 10.4. The summed E-state index contributed by atoms with van der Waals surface area (Å²) in [5.74, 6) is -0.782. The molecule has 6 nitrogen and oxygen atoms in total. The van der Waals surface area contributed by atoms with E-state index in [1.807, 2.05) is 4.90 Å². The highest BCUT2D eigenvalue weighted by atomic mass is 35.5. The first-order valence-electron chi connectivity index (χ1n) is 10.0. The number of amides is 1. The molecule has 1 saturated heterocycles. The molecule has 0 N–H and O–H groups in total. The Morgan fingerprint density at radius 2 is 1.67 bits per heavy atom. The molecule has 0 bridgehead atoms. The van der Waals surface area contributed by atoms with Gasteiger partial charge in [0.1, 0.15) is 6.61 Å². The quantitative estimate of drug-likeness (QED) is 0.422. The first-order chi connectivity index (χ1) is 15.5. The van der Waals surface area contributed by atoms with Gasteiger partial charge in [-0.05, 0) is 30.7 Å². The predicted molar refractivity (Wildman–Crippen MR) is 107 cm³/mol. The van der Waals surface area contributed by atoms with Gasteiger partial charge in [0.15, 0.2) is 5.69 Å². The maximum absolute atomic E-state index is 13.8. The highest BCUT2D eigenvalue weighted by molar-refractivity contribution is 6.30. The molecule has 33 heavy (non-hydrogen) atoms. The van der Waals surface area contributed by atoms with Crippen LogP contribution in [-0.2, 0) is 10.9 Å². The predicted octanol–water partition coefficient (Wildman–Crippen LogP) is 4.27. The highest BCUT2D eigenvalue weighted by Crippen LogP contribution is 2.34. The van der Waals surface area contributed by atoms with Gasteiger partial charge in [0.05, 0.1) is 17.4 Å². The Labute approximate surface area is 190 Å². The molecule has 2 heterocycles. The second kappa shape index (κ2) is 10.3. The second-order valence-electron chi connectivity index (χ2n) is 7.45. The van der Waals surface area contributed by atoms with Crippen LogP contribution in [0.3, 0.4) is 0 Å². The maximum Gasteiger partial charge on any atom is 0.434 e. The summed E-state index contributed by atoms with van der Waals surface area (Å²) in [6.07, 6.45) is -7.91. The summed E-state index contributed by atoms with van der Waals surface area (Å²) in [5, 5.41) is 4.14. The van der Waals surface area contributed by atoms with Gasteiger partial charge in [0.2, 0.25) is 0 Å². The Morgan fingerprint density at radius 3 is 2.24 bits per heavy atom. The SMILES string of the molecule is O=C(c1cnn(-c2ccc(Cl)cc2)c1C(F)(F)F)N1CCN(CCCOCC(F)(F)F)CC1. The van der Waals surface area contributed by atoms with Crippen LogP contribution in [0.5, 0.6) is 0 Å². The van der Waals surface area contributed by atoms with Crippen molar-refractivity contribution in [3.63, 3.8) is 0 Å². The minimum Gasteiger partial charge on any atom is -0.372 e. The van der Waals surface area contributed by atoms with Crippen molar-refractivity contribution >= 4 is 17.5 Å². The Hall–Kier alpha value is -2.31. The topological polar surface area (TPSA) is 50.6 Å². The summed E-state index contributed by atoms with van der Waals surface area (Å²) in [4.78, 5) is 16.1. The smallest absolute Gasteiger partial charge is 0.372 e. The largest absolute Gasteiger partial charge is 0.434 e. The molecule has 3 rings (SSSR count). The van der Waals surface area contributed by atoms with Gasteiger partial charge in [-0.2, -0.15) is 31.4 Å². The molecule has 182 valence electrons. The number of aromatic nitrogens is 2. The summed E-state index contributed by atoms with van der Waals surface area (Å²) in [6, 6.07) is 5.59. The summed E-state index contributed by atoms with van der Waals surface area (Å²) >= 11 is 5.79. The number of rotatable bonds is 7. The van der Waals surface area contributed by atoms with Gasteiger partial charge in [-0.15, -0.1) is 0 Å². The molecule has 1 aromatic heterocycles. The molecular weight excluding hydrogens is 478 g/mol. The third-order valence-electron chi connectivity index (χ3n) is 5.03. The minimum atomic E-state index is -4.82. The third-order valence-corrected chi connectivity index (χ3v) is 5.28. The number of hydrogen-bond donors (Lipinski definition) is 0. The Morgan fingerprint density at radius 1 is 1.03 bits per heavy atom. The third kappa shape index (κ3) is 6.84. The van der Waals surface area contributed by atoms with Crippen LogP contribution in [0.2, 0.25) is 5.02 Å². The van der Waals surface area contributed by atoms with E-state index in [4.69, 9.17) is 11.6 Å². The number of halogens is 7. The molecule has 0 spiro atoms. The minimum absolute atomic E-state index is 0.0581. The average molecular weight is 499 g/mol. The monoisotopic (exact) mass is 498 g/mol. The first kappa shape index (κ1) is 25.3. The molecular formula is C20H21ClF6N4O2. The van der Waals surface area contributed by atoms with Crippen LogP contribution in [0.1, 0.15) is 22.5 Å². The molecule has 0 unspecified atom stereocenters. The zero-order chi connectivity index (χ0) is 24.2. The van der Waals surface area contributed by atoms with E-state index >= 15 is 0 Å². The van der Waals surface area contributed by atoms with Crippen LogP contribution in [-0.4, -0.2) is 77.6 Å². The van der Waals surface area contributed by atoms with E-state index in [1.165, 1.54) is 29.2 Å². The number of alkyl halides is 6. The van der Waals surface area contributed by atoms with Gasteiger partial charge in [-0.1, -0.05) is 11.6 Å². The fraction of sp³-hybridized carbons (Fsp3) is 0.500. The van der Waals surface area contributed by atoms with Crippen LogP contribution in [0.15, 0.2) is 30.5 Å². The maximum atomic E-state index is 13.8. The number of ether oxygens (including phenoxy) is 1. The number of nitrogens with zero attached hydrogens (tertiary/aromatic N) is 4. The number of carbonyl (C=O) groups is 1. The highest BCUT2D eigenvalue weighted by Gasteiger charge is 2.41. The van der Waals surface area contributed by atoms with Gasteiger partial charge in [-0.25, -0.2) is 4.68 Å². The summed E-state index contributed by atoms with van der Waals surface area (Å²) in [6.45, 7) is 0.243. The summed E-state index contributed by atoms with van der Waals surface area (Å²) < 4.78 is 82.9. The van der Waals surface area contributed by atoms with Crippen LogP contribution in [0.4, 0.5) is 26.3 Å². The number of carbonyl (C=O) groups excluding carboxylic acids is 1. The lowest BCUT2D eigenvalue weighted by atomic mass is 10.1. The van der Waals surface area contributed by atoms with E-state index in [1.54, 1.807) is 0 Å². The zero-order valence-corrected chi connectivity index (χ0v) is 18.1. The van der Waals surface area contributed by atoms with E-state index in [0.29, 0.717) is 35.8 Å². The lowest BCUT2D eigenvalue weighted by molar-refractivity contribution is -0.174. The van der Waals surface area contributed by atoms with Gasteiger partial charge in [0, 0.05) is 44.4 Å². The summed E-state index contributed by atoms with van der Waals surface area (Å²) in [7, 11) is 0. The van der Waals surface area contributed by atoms with Crippen LogP contribution < -0.4 is 0 Å². The van der Waals surface area contributed by atoms with Gasteiger partial charge in [0.25, 0.3) is 5.91 Å². The molecule has 1 fully saturated rings. The molecule has 0 saturated carbocycles. The standard InChI is InChI=1S/C20H21ClF6N4O2/c21-14-2-4-15(5-3-14)31-17(20(25,26)27)16(12-28-31)18(32)30-9-7-29(8-10-30)6-1-11-33-13-19(22,23)24/h2-5,12H,1,6-11,13H2. The molecule has 0 radical (unpaired) electrons. The van der Waals surface area contributed by atoms with Crippen molar-refractivity contribution in [1.29, 1.82) is 0 Å². The van der Waals surface area contributed by atoms with Crippen molar-refractivity contribution in [2.24, 2.45) is 0 Å². The molecule has 13 heteroatoms. The fourth-order valence-corrected chi connectivity index (χ4v) is 3.60.